The highest BCUT2D eigenvalue weighted by Crippen LogP contribution is 2.31. The average molecular weight is 424 g/mol. The lowest BCUT2D eigenvalue weighted by atomic mass is 9.93. The molecule has 1 aliphatic rings. The number of benzene rings is 3. The SMILES string of the molecule is O=C1C(=Cc2ccccc2)c2ccccc2C(=O)N1OCc1ccc(Cl)cc1Cl. The molecule has 0 bridgehead atoms. The maximum atomic E-state index is 13.1. The van der Waals surface area contributed by atoms with E-state index in [4.69, 9.17) is 28.0 Å². The van der Waals surface area contributed by atoms with Gasteiger partial charge in [-0.2, -0.15) is 0 Å². The molecule has 0 atom stereocenters. The highest BCUT2D eigenvalue weighted by molar-refractivity contribution is 6.35. The van der Waals surface area contributed by atoms with Crippen molar-refractivity contribution in [1.29, 1.82) is 0 Å². The molecule has 0 fully saturated rings. The summed E-state index contributed by atoms with van der Waals surface area (Å²) in [6.07, 6.45) is 1.75. The number of carbonyl (C=O) groups is 2. The average Bonchev–Trinajstić information content (AvgIpc) is 2.73. The number of nitrogens with zero attached hydrogens (tertiary/aromatic N) is 1. The first-order valence-corrected chi connectivity index (χ1v) is 9.62. The lowest BCUT2D eigenvalue weighted by Crippen LogP contribution is -2.41. The maximum Gasteiger partial charge on any atom is 0.285 e. The zero-order valence-corrected chi connectivity index (χ0v) is 16.7. The third-order valence-electron chi connectivity index (χ3n) is 4.52. The van der Waals surface area contributed by atoms with E-state index >= 15 is 0 Å². The quantitative estimate of drug-likeness (QED) is 0.402. The van der Waals surface area contributed by atoms with Crippen molar-refractivity contribution in [2.24, 2.45) is 0 Å². The fourth-order valence-corrected chi connectivity index (χ4v) is 3.54. The minimum absolute atomic E-state index is 0.0474. The first-order valence-electron chi connectivity index (χ1n) is 8.86. The van der Waals surface area contributed by atoms with Gasteiger partial charge >= 0.3 is 0 Å². The summed E-state index contributed by atoms with van der Waals surface area (Å²) in [6, 6.07) is 21.4. The van der Waals surface area contributed by atoms with E-state index in [-0.39, 0.29) is 6.61 Å². The number of fused-ring (bicyclic) bond motifs is 1. The maximum absolute atomic E-state index is 13.1. The van der Waals surface area contributed by atoms with E-state index in [1.54, 1.807) is 48.5 Å². The Labute approximate surface area is 177 Å². The Morgan fingerprint density at radius 1 is 0.828 bits per heavy atom. The molecule has 6 heteroatoms. The minimum atomic E-state index is -0.525. The van der Waals surface area contributed by atoms with Crippen molar-refractivity contribution in [1.82, 2.24) is 5.06 Å². The molecule has 4 nitrogen and oxygen atoms in total. The van der Waals surface area contributed by atoms with Gasteiger partial charge in [-0.05, 0) is 35.4 Å². The van der Waals surface area contributed by atoms with Crippen LogP contribution in [0.25, 0.3) is 11.6 Å². The molecule has 0 aliphatic carbocycles. The van der Waals surface area contributed by atoms with Crippen LogP contribution in [0, 0.1) is 0 Å². The molecular weight excluding hydrogens is 409 g/mol. The fraction of sp³-hybridized carbons (Fsp3) is 0.0435. The summed E-state index contributed by atoms with van der Waals surface area (Å²) in [4.78, 5) is 31.6. The second-order valence-corrected chi connectivity index (χ2v) is 7.27. The Bertz CT molecular complexity index is 1130. The number of imide groups is 1. The molecule has 0 unspecified atom stereocenters. The number of carbonyl (C=O) groups excluding carboxylic acids is 2. The summed E-state index contributed by atoms with van der Waals surface area (Å²) in [6.45, 7) is -0.0474. The van der Waals surface area contributed by atoms with Crippen molar-refractivity contribution in [3.63, 3.8) is 0 Å². The van der Waals surface area contributed by atoms with Gasteiger partial charge < -0.3 is 0 Å². The van der Waals surface area contributed by atoms with Gasteiger partial charge in [-0.15, -0.1) is 5.06 Å². The Balaban J connectivity index is 1.69. The van der Waals surface area contributed by atoms with Crippen LogP contribution in [0.2, 0.25) is 10.0 Å². The van der Waals surface area contributed by atoms with Crippen LogP contribution in [-0.2, 0) is 16.2 Å². The first-order chi connectivity index (χ1) is 14.0. The summed E-state index contributed by atoms with van der Waals surface area (Å²) in [5.41, 5.74) is 2.82. The summed E-state index contributed by atoms with van der Waals surface area (Å²) in [5.74, 6) is -1.04. The molecule has 3 aromatic carbocycles. The fourth-order valence-electron chi connectivity index (χ4n) is 3.08. The van der Waals surface area contributed by atoms with Crippen LogP contribution in [-0.4, -0.2) is 16.9 Å². The zero-order valence-electron chi connectivity index (χ0n) is 15.1. The normalized spacial score (nSPS) is 15.0. The van der Waals surface area contributed by atoms with E-state index in [0.717, 1.165) is 10.6 Å². The second kappa shape index (κ2) is 8.21. The van der Waals surface area contributed by atoms with Crippen molar-refractivity contribution in [2.45, 2.75) is 6.61 Å². The van der Waals surface area contributed by atoms with Gasteiger partial charge in [0.05, 0.1) is 11.1 Å². The largest absolute Gasteiger partial charge is 0.285 e. The van der Waals surface area contributed by atoms with Crippen LogP contribution in [0.15, 0.2) is 72.8 Å². The van der Waals surface area contributed by atoms with Crippen molar-refractivity contribution in [3.8, 4) is 0 Å². The van der Waals surface area contributed by atoms with Gasteiger partial charge in [0.1, 0.15) is 6.61 Å². The summed E-state index contributed by atoms with van der Waals surface area (Å²) >= 11 is 12.1. The topological polar surface area (TPSA) is 46.6 Å². The van der Waals surface area contributed by atoms with E-state index in [2.05, 4.69) is 0 Å². The number of halogens is 2. The van der Waals surface area contributed by atoms with Crippen LogP contribution < -0.4 is 0 Å². The standard InChI is InChI=1S/C23H15Cl2NO3/c24-17-11-10-16(21(25)13-17)14-29-26-22(27)19-9-5-4-8-18(19)20(23(26)28)12-15-6-2-1-3-7-15/h1-13H,14H2. The number of hydroxylamine groups is 2. The van der Waals surface area contributed by atoms with E-state index in [9.17, 15) is 9.59 Å². The molecule has 0 radical (unpaired) electrons. The van der Waals surface area contributed by atoms with Gasteiger partial charge in [0.15, 0.2) is 0 Å². The van der Waals surface area contributed by atoms with E-state index in [1.807, 2.05) is 30.3 Å². The van der Waals surface area contributed by atoms with Gasteiger partial charge in [0.25, 0.3) is 11.8 Å². The molecule has 29 heavy (non-hydrogen) atoms. The molecule has 0 saturated carbocycles. The lowest BCUT2D eigenvalue weighted by molar-refractivity contribution is -0.167. The molecule has 3 aromatic rings. The number of hydrogen-bond donors (Lipinski definition) is 0. The Kier molecular flexibility index (Phi) is 5.49. The van der Waals surface area contributed by atoms with E-state index in [0.29, 0.717) is 32.3 Å². The van der Waals surface area contributed by atoms with Gasteiger partial charge in [0, 0.05) is 15.6 Å². The van der Waals surface area contributed by atoms with Crippen molar-refractivity contribution < 1.29 is 14.4 Å². The van der Waals surface area contributed by atoms with Gasteiger partial charge in [-0.25, -0.2) is 0 Å². The molecule has 0 saturated heterocycles. The van der Waals surface area contributed by atoms with Crippen LogP contribution >= 0.6 is 23.2 Å². The van der Waals surface area contributed by atoms with Crippen LogP contribution in [0.1, 0.15) is 27.0 Å². The van der Waals surface area contributed by atoms with Gasteiger partial charge in [0.2, 0.25) is 0 Å². The number of amides is 2. The van der Waals surface area contributed by atoms with Gasteiger partial charge in [-0.1, -0.05) is 77.8 Å². The molecule has 0 N–H and O–H groups in total. The highest BCUT2D eigenvalue weighted by atomic mass is 35.5. The Morgan fingerprint density at radius 3 is 2.24 bits per heavy atom. The van der Waals surface area contributed by atoms with Crippen LogP contribution in [0.3, 0.4) is 0 Å². The molecule has 144 valence electrons. The molecule has 4 rings (SSSR count). The molecular formula is C23H15Cl2NO3. The predicted octanol–water partition coefficient (Wildman–Crippen LogP) is 5.65. The number of hydrogen-bond acceptors (Lipinski definition) is 3. The lowest BCUT2D eigenvalue weighted by Gasteiger charge is -2.27. The van der Waals surface area contributed by atoms with Gasteiger partial charge in [-0.3, -0.25) is 14.4 Å². The molecule has 1 aliphatic heterocycles. The Morgan fingerprint density at radius 2 is 1.52 bits per heavy atom. The molecule has 0 spiro atoms. The molecule has 2 amide bonds. The Hall–Kier alpha value is -2.92. The summed E-state index contributed by atoms with van der Waals surface area (Å²) in [5, 5.41) is 1.68. The van der Waals surface area contributed by atoms with Crippen molar-refractivity contribution in [2.75, 3.05) is 0 Å². The molecule has 1 heterocycles. The van der Waals surface area contributed by atoms with Crippen molar-refractivity contribution >= 4 is 46.7 Å². The second-order valence-electron chi connectivity index (χ2n) is 6.43. The third kappa shape index (κ3) is 3.96. The summed E-state index contributed by atoms with van der Waals surface area (Å²) < 4.78 is 0. The summed E-state index contributed by atoms with van der Waals surface area (Å²) in [7, 11) is 0. The smallest absolute Gasteiger partial charge is 0.266 e. The molecule has 0 aromatic heterocycles. The van der Waals surface area contributed by atoms with Crippen molar-refractivity contribution in [3.05, 3.63) is 105 Å². The van der Waals surface area contributed by atoms with E-state index < -0.39 is 11.8 Å². The van der Waals surface area contributed by atoms with Crippen LogP contribution in [0.4, 0.5) is 0 Å². The van der Waals surface area contributed by atoms with E-state index in [1.165, 1.54) is 0 Å². The zero-order chi connectivity index (χ0) is 20.4. The third-order valence-corrected chi connectivity index (χ3v) is 5.11. The first kappa shape index (κ1) is 19.4. The monoisotopic (exact) mass is 423 g/mol. The minimum Gasteiger partial charge on any atom is -0.266 e. The highest BCUT2D eigenvalue weighted by Gasteiger charge is 2.36. The predicted molar refractivity (Wildman–Crippen MR) is 113 cm³/mol. The van der Waals surface area contributed by atoms with Crippen LogP contribution in [0.5, 0.6) is 0 Å². The number of rotatable bonds is 4.